The summed E-state index contributed by atoms with van der Waals surface area (Å²) in [4.78, 5) is 11.7. The molecule has 0 aliphatic rings. The molecular weight excluding hydrogens is 275 g/mol. The van der Waals surface area contributed by atoms with Crippen LogP contribution in [0.25, 0.3) is 0 Å². The van der Waals surface area contributed by atoms with Gasteiger partial charge in [0.05, 0.1) is 12.0 Å². The van der Waals surface area contributed by atoms with Gasteiger partial charge in [0.25, 0.3) is 0 Å². The van der Waals surface area contributed by atoms with Gasteiger partial charge in [-0.3, -0.25) is 4.79 Å². The summed E-state index contributed by atoms with van der Waals surface area (Å²) in [5, 5.41) is 2.49. The summed E-state index contributed by atoms with van der Waals surface area (Å²) in [6, 6.07) is 7.65. The molecule has 1 amide bonds. The van der Waals surface area contributed by atoms with E-state index >= 15 is 0 Å². The van der Waals surface area contributed by atoms with Crippen LogP contribution in [0.4, 0.5) is 15.8 Å². The lowest BCUT2D eigenvalue weighted by Crippen LogP contribution is -2.13. The van der Waals surface area contributed by atoms with Crippen LogP contribution in [0.5, 0.6) is 0 Å². The van der Waals surface area contributed by atoms with E-state index in [-0.39, 0.29) is 18.0 Å². The first kappa shape index (κ1) is 15.1. The van der Waals surface area contributed by atoms with Crippen molar-refractivity contribution in [3.63, 3.8) is 0 Å². The van der Waals surface area contributed by atoms with Crippen LogP contribution in [0.1, 0.15) is 18.6 Å². The summed E-state index contributed by atoms with van der Waals surface area (Å²) in [6.07, 6.45) is 2.36. The van der Waals surface area contributed by atoms with Crippen molar-refractivity contribution < 1.29 is 18.3 Å². The Morgan fingerprint density at radius 3 is 3.00 bits per heavy atom. The first-order chi connectivity index (χ1) is 10.1. The highest BCUT2D eigenvalue weighted by molar-refractivity contribution is 5.91. The van der Waals surface area contributed by atoms with E-state index < -0.39 is 5.82 Å². The Bertz CT molecular complexity index is 585. The number of carbonyl (C=O) groups is 1. The molecule has 0 fully saturated rings. The molecule has 6 heteroatoms. The van der Waals surface area contributed by atoms with Gasteiger partial charge < -0.3 is 20.2 Å². The van der Waals surface area contributed by atoms with Gasteiger partial charge in [-0.1, -0.05) is 0 Å². The van der Waals surface area contributed by atoms with Gasteiger partial charge in [-0.2, -0.15) is 0 Å². The van der Waals surface area contributed by atoms with Gasteiger partial charge in [0, 0.05) is 18.7 Å². The number of carbonyl (C=O) groups excluding carboxylic acids is 1. The maximum absolute atomic E-state index is 13.4. The zero-order chi connectivity index (χ0) is 15.1. The number of furan rings is 1. The average Bonchev–Trinajstić information content (AvgIpc) is 2.96. The minimum Gasteiger partial charge on any atom is -0.467 e. The lowest BCUT2D eigenvalue weighted by Gasteiger charge is -2.07. The number of hydrogen-bond acceptors (Lipinski definition) is 4. The molecule has 2 aromatic rings. The normalized spacial score (nSPS) is 10.5. The van der Waals surface area contributed by atoms with Gasteiger partial charge in [-0.25, -0.2) is 4.39 Å². The highest BCUT2D eigenvalue weighted by Gasteiger charge is 2.07. The van der Waals surface area contributed by atoms with Crippen LogP contribution >= 0.6 is 0 Å². The molecule has 0 aliphatic heterocycles. The molecule has 0 atom stereocenters. The fraction of sp³-hybridized carbons (Fsp3) is 0.267. The van der Waals surface area contributed by atoms with E-state index in [0.29, 0.717) is 25.3 Å². The van der Waals surface area contributed by atoms with Crippen LogP contribution in [0, 0.1) is 5.82 Å². The fourth-order valence-electron chi connectivity index (χ4n) is 1.75. The zero-order valence-corrected chi connectivity index (χ0v) is 11.5. The molecule has 0 radical (unpaired) electrons. The Labute approximate surface area is 121 Å². The van der Waals surface area contributed by atoms with Crippen molar-refractivity contribution in [2.75, 3.05) is 17.7 Å². The van der Waals surface area contributed by atoms with Crippen molar-refractivity contribution in [2.45, 2.75) is 19.4 Å². The molecule has 21 heavy (non-hydrogen) atoms. The van der Waals surface area contributed by atoms with Crippen LogP contribution < -0.4 is 11.1 Å². The Hall–Kier alpha value is -2.34. The molecule has 0 unspecified atom stereocenters. The number of nitrogens with one attached hydrogen (secondary N) is 1. The molecule has 1 aromatic heterocycles. The van der Waals surface area contributed by atoms with E-state index in [1.165, 1.54) is 18.2 Å². The minimum absolute atomic E-state index is 0.0940. The predicted octanol–water partition coefficient (Wildman–Crippen LogP) is 2.94. The maximum atomic E-state index is 13.4. The van der Waals surface area contributed by atoms with Gasteiger partial charge in [-0.15, -0.1) is 0 Å². The number of nitrogen functional groups attached to an aromatic ring is 1. The van der Waals surface area contributed by atoms with E-state index in [1.807, 2.05) is 6.07 Å². The van der Waals surface area contributed by atoms with Crippen LogP contribution in [-0.4, -0.2) is 12.5 Å². The molecule has 1 aromatic carbocycles. The molecule has 0 saturated carbocycles. The average molecular weight is 292 g/mol. The van der Waals surface area contributed by atoms with Gasteiger partial charge in [0.15, 0.2) is 0 Å². The lowest BCUT2D eigenvalue weighted by molar-refractivity contribution is -0.116. The van der Waals surface area contributed by atoms with Crippen molar-refractivity contribution in [1.82, 2.24) is 0 Å². The Morgan fingerprint density at radius 2 is 2.24 bits per heavy atom. The van der Waals surface area contributed by atoms with Gasteiger partial charge >= 0.3 is 0 Å². The SMILES string of the molecule is Nc1ccc(F)c(NC(=O)CCCOCc2ccco2)c1. The van der Waals surface area contributed by atoms with Crippen LogP contribution in [0.2, 0.25) is 0 Å². The third kappa shape index (κ3) is 4.92. The van der Waals surface area contributed by atoms with E-state index in [2.05, 4.69) is 5.32 Å². The minimum atomic E-state index is -0.508. The second-order valence-corrected chi connectivity index (χ2v) is 4.52. The van der Waals surface area contributed by atoms with Gasteiger partial charge in [0.2, 0.25) is 5.91 Å². The summed E-state index contributed by atoms with van der Waals surface area (Å²) in [7, 11) is 0. The Morgan fingerprint density at radius 1 is 1.38 bits per heavy atom. The molecule has 5 nitrogen and oxygen atoms in total. The van der Waals surface area contributed by atoms with Gasteiger partial charge in [-0.05, 0) is 36.8 Å². The van der Waals surface area contributed by atoms with Crippen molar-refractivity contribution in [3.05, 3.63) is 48.2 Å². The van der Waals surface area contributed by atoms with Crippen molar-refractivity contribution in [2.24, 2.45) is 0 Å². The lowest BCUT2D eigenvalue weighted by atomic mass is 10.2. The van der Waals surface area contributed by atoms with Crippen molar-refractivity contribution in [1.29, 1.82) is 0 Å². The molecule has 2 rings (SSSR count). The summed E-state index contributed by atoms with van der Waals surface area (Å²) in [5.41, 5.74) is 6.03. The van der Waals surface area contributed by atoms with E-state index in [9.17, 15) is 9.18 Å². The topological polar surface area (TPSA) is 77.5 Å². The molecule has 0 aliphatic carbocycles. The van der Waals surface area contributed by atoms with Crippen LogP contribution in [0.3, 0.4) is 0 Å². The fourth-order valence-corrected chi connectivity index (χ4v) is 1.75. The quantitative estimate of drug-likeness (QED) is 0.607. The Kier molecular flexibility index (Phi) is 5.34. The predicted molar refractivity (Wildman–Crippen MR) is 77.0 cm³/mol. The number of nitrogens with two attached hydrogens (primary N) is 1. The van der Waals surface area contributed by atoms with Crippen LogP contribution in [-0.2, 0) is 16.1 Å². The molecular formula is C15H17FN2O3. The standard InChI is InChI=1S/C15H17FN2O3/c16-13-6-5-11(17)9-14(13)18-15(19)4-2-7-20-10-12-3-1-8-21-12/h1,3,5-6,8-9H,2,4,7,10,17H2,(H,18,19). The summed E-state index contributed by atoms with van der Waals surface area (Å²) >= 11 is 0. The first-order valence-corrected chi connectivity index (χ1v) is 6.60. The first-order valence-electron chi connectivity index (χ1n) is 6.60. The number of amides is 1. The molecule has 0 bridgehead atoms. The maximum Gasteiger partial charge on any atom is 0.224 e. The number of hydrogen-bond donors (Lipinski definition) is 2. The second kappa shape index (κ2) is 7.44. The van der Waals surface area contributed by atoms with Gasteiger partial charge in [0.1, 0.15) is 18.2 Å². The number of rotatable bonds is 7. The van der Waals surface area contributed by atoms with E-state index in [1.54, 1.807) is 12.3 Å². The smallest absolute Gasteiger partial charge is 0.224 e. The third-order valence-electron chi connectivity index (χ3n) is 2.78. The number of benzene rings is 1. The number of halogens is 1. The summed E-state index contributed by atoms with van der Waals surface area (Å²) in [5.74, 6) is -0.0472. The van der Waals surface area contributed by atoms with Crippen LogP contribution in [0.15, 0.2) is 41.0 Å². The monoisotopic (exact) mass is 292 g/mol. The zero-order valence-electron chi connectivity index (χ0n) is 11.5. The molecule has 1 heterocycles. The Balaban J connectivity index is 1.66. The largest absolute Gasteiger partial charge is 0.467 e. The second-order valence-electron chi connectivity index (χ2n) is 4.52. The molecule has 112 valence electrons. The number of ether oxygens (including phenoxy) is 1. The third-order valence-corrected chi connectivity index (χ3v) is 2.78. The van der Waals surface area contributed by atoms with E-state index in [4.69, 9.17) is 14.9 Å². The highest BCUT2D eigenvalue weighted by Crippen LogP contribution is 2.17. The van der Waals surface area contributed by atoms with Crippen molar-refractivity contribution >= 4 is 17.3 Å². The van der Waals surface area contributed by atoms with Crippen molar-refractivity contribution in [3.8, 4) is 0 Å². The molecule has 3 N–H and O–H groups in total. The number of anilines is 2. The summed E-state index contributed by atoms with van der Waals surface area (Å²) in [6.45, 7) is 0.798. The van der Waals surface area contributed by atoms with E-state index in [0.717, 1.165) is 5.76 Å². The molecule has 0 spiro atoms. The summed E-state index contributed by atoms with van der Waals surface area (Å²) < 4.78 is 23.9. The molecule has 0 saturated heterocycles. The highest BCUT2D eigenvalue weighted by atomic mass is 19.1.